The molecule has 0 bridgehead atoms. The molecule has 0 aliphatic heterocycles. The quantitative estimate of drug-likeness (QED) is 0.0514. The van der Waals surface area contributed by atoms with E-state index in [1.807, 2.05) is 0 Å². The van der Waals surface area contributed by atoms with E-state index in [2.05, 4.69) is 88.4 Å². The monoisotopic (exact) mass is 747 g/mol. The van der Waals surface area contributed by atoms with Crippen LogP contribution in [0.25, 0.3) is 0 Å². The van der Waals surface area contributed by atoms with Crippen molar-refractivity contribution < 1.29 is 37.6 Å². The van der Waals surface area contributed by atoms with Crippen molar-refractivity contribution >= 4 is 18.7 Å². The summed E-state index contributed by atoms with van der Waals surface area (Å²) in [6, 6.07) is 21.4. The molecule has 0 heterocycles. The molecule has 298 valence electrons. The smallest absolute Gasteiger partial charge is 0.261 e. The fourth-order valence-electron chi connectivity index (χ4n) is 6.31. The molecule has 0 aliphatic carbocycles. The first-order valence-electron chi connectivity index (χ1n) is 20.3. The molecule has 0 atom stereocenters. The first-order valence-corrected chi connectivity index (χ1v) is 22.2. The van der Waals surface area contributed by atoms with Crippen LogP contribution in [0.5, 0.6) is 0 Å². The molecule has 52 heavy (non-hydrogen) atoms. The molecular weight excluding hydrogens is 673 g/mol. The summed E-state index contributed by atoms with van der Waals surface area (Å²) in [4.78, 5) is 0. The van der Waals surface area contributed by atoms with Gasteiger partial charge in [-0.2, -0.15) is 0 Å². The molecular formula is C43H74O8Si. The van der Waals surface area contributed by atoms with Gasteiger partial charge in [-0.1, -0.05) is 153 Å². The summed E-state index contributed by atoms with van der Waals surface area (Å²) in [6.45, 7) is 17.7. The lowest BCUT2D eigenvalue weighted by Crippen LogP contribution is -2.66. The molecule has 0 unspecified atom stereocenters. The Bertz CT molecular complexity index is 997. The van der Waals surface area contributed by atoms with Gasteiger partial charge in [0.15, 0.2) is 0 Å². The van der Waals surface area contributed by atoms with Crippen LogP contribution in [0.2, 0.25) is 5.04 Å². The van der Waals surface area contributed by atoms with Gasteiger partial charge in [-0.3, -0.25) is 0 Å². The average Bonchev–Trinajstić information content (AvgIpc) is 3.15. The normalized spacial score (nSPS) is 12.2. The molecule has 0 spiro atoms. The summed E-state index contributed by atoms with van der Waals surface area (Å²) in [6.07, 6.45) is 14.9. The van der Waals surface area contributed by atoms with Crippen LogP contribution in [0.1, 0.15) is 98.3 Å². The fourth-order valence-corrected chi connectivity index (χ4v) is 10.9. The van der Waals surface area contributed by atoms with Crippen molar-refractivity contribution in [3.8, 4) is 0 Å². The number of benzene rings is 2. The van der Waals surface area contributed by atoms with E-state index in [0.29, 0.717) is 92.5 Å². The largest absolute Gasteiger partial charge is 0.405 e. The maximum Gasteiger partial charge on any atom is 0.261 e. The second-order valence-corrected chi connectivity index (χ2v) is 18.6. The second-order valence-electron chi connectivity index (χ2n) is 14.3. The maximum atomic E-state index is 6.86. The minimum atomic E-state index is -2.53. The highest BCUT2D eigenvalue weighted by atomic mass is 28.4. The fraction of sp³-hybridized carbons (Fsp3) is 0.721. The van der Waals surface area contributed by atoms with E-state index in [1.165, 1.54) is 74.6 Å². The van der Waals surface area contributed by atoms with Crippen LogP contribution in [0.15, 0.2) is 60.7 Å². The first-order chi connectivity index (χ1) is 25.5. The van der Waals surface area contributed by atoms with Crippen molar-refractivity contribution in [1.82, 2.24) is 0 Å². The van der Waals surface area contributed by atoms with Crippen molar-refractivity contribution in [3.05, 3.63) is 60.7 Å². The topological polar surface area (TPSA) is 73.8 Å². The highest BCUT2D eigenvalue weighted by Crippen LogP contribution is 2.36. The highest BCUT2D eigenvalue weighted by Gasteiger charge is 2.50. The molecule has 0 aromatic heterocycles. The third-order valence-corrected chi connectivity index (χ3v) is 14.1. The van der Waals surface area contributed by atoms with Crippen molar-refractivity contribution in [2.45, 2.75) is 103 Å². The van der Waals surface area contributed by atoms with Crippen molar-refractivity contribution in [2.75, 3.05) is 99.1 Å². The number of rotatable bonds is 36. The standard InChI is InChI=1S/C43H74O8Si/c1-5-6-7-8-9-10-11-12-13-14-21-26-44-27-28-45-29-30-46-31-32-47-33-34-48-35-36-49-37-38-50-39-40-51-52(43(2,3)4,41-22-17-15-18-23-41)42-24-19-16-20-25-42/h15-20,22-25H,5-14,21,26-40H2,1-4H3. The first kappa shape index (κ1) is 46.5. The maximum absolute atomic E-state index is 6.86. The Kier molecular flexibility index (Phi) is 28.3. The molecule has 0 saturated heterocycles. The van der Waals surface area contributed by atoms with E-state index in [4.69, 9.17) is 37.6 Å². The lowest BCUT2D eigenvalue weighted by Gasteiger charge is -2.43. The second kappa shape index (κ2) is 31.7. The van der Waals surface area contributed by atoms with Crippen LogP contribution >= 0.6 is 0 Å². The van der Waals surface area contributed by atoms with Crippen LogP contribution in [0.3, 0.4) is 0 Å². The van der Waals surface area contributed by atoms with Gasteiger partial charge in [-0.05, 0) is 21.8 Å². The van der Waals surface area contributed by atoms with E-state index in [0.717, 1.165) is 13.0 Å². The SMILES string of the molecule is CCCCCCCCCCCCCOCCOCCOCCOCCOCCOCCOCCO[Si](c1ccccc1)(c1ccccc1)C(C)(C)C. The van der Waals surface area contributed by atoms with Gasteiger partial charge in [0.1, 0.15) is 0 Å². The Morgan fingerprint density at radius 3 is 0.981 bits per heavy atom. The van der Waals surface area contributed by atoms with Gasteiger partial charge in [0.2, 0.25) is 0 Å². The minimum absolute atomic E-state index is 0.0472. The zero-order valence-corrected chi connectivity index (χ0v) is 34.4. The Morgan fingerprint density at radius 1 is 0.365 bits per heavy atom. The molecule has 2 aromatic rings. The van der Waals surface area contributed by atoms with Gasteiger partial charge < -0.3 is 37.6 Å². The van der Waals surface area contributed by atoms with E-state index in [9.17, 15) is 0 Å². The molecule has 0 radical (unpaired) electrons. The molecule has 2 aromatic carbocycles. The zero-order valence-electron chi connectivity index (χ0n) is 33.4. The van der Waals surface area contributed by atoms with E-state index >= 15 is 0 Å². The van der Waals surface area contributed by atoms with Gasteiger partial charge in [-0.15, -0.1) is 0 Å². The summed E-state index contributed by atoms with van der Waals surface area (Å²) >= 11 is 0. The molecule has 0 fully saturated rings. The highest BCUT2D eigenvalue weighted by molar-refractivity contribution is 6.99. The zero-order chi connectivity index (χ0) is 37.3. The summed E-state index contributed by atoms with van der Waals surface area (Å²) < 4.78 is 46.4. The van der Waals surface area contributed by atoms with Crippen LogP contribution in [-0.2, 0) is 37.6 Å². The minimum Gasteiger partial charge on any atom is -0.405 e. The summed E-state index contributed by atoms with van der Waals surface area (Å²) in [5.74, 6) is 0. The van der Waals surface area contributed by atoms with Gasteiger partial charge >= 0.3 is 0 Å². The van der Waals surface area contributed by atoms with Crippen LogP contribution < -0.4 is 10.4 Å². The molecule has 0 N–H and O–H groups in total. The molecule has 0 saturated carbocycles. The Hall–Kier alpha value is -1.66. The lowest BCUT2D eigenvalue weighted by molar-refractivity contribution is -0.0213. The Labute approximate surface area is 318 Å². The summed E-state index contributed by atoms with van der Waals surface area (Å²) in [5, 5.41) is 2.50. The average molecular weight is 747 g/mol. The molecule has 0 aliphatic rings. The van der Waals surface area contributed by atoms with Gasteiger partial charge in [0.05, 0.1) is 92.5 Å². The molecule has 8 nitrogen and oxygen atoms in total. The molecule has 2 rings (SSSR count). The van der Waals surface area contributed by atoms with Crippen molar-refractivity contribution in [3.63, 3.8) is 0 Å². The number of hydrogen-bond acceptors (Lipinski definition) is 8. The third kappa shape index (κ3) is 21.3. The number of unbranched alkanes of at least 4 members (excludes halogenated alkanes) is 10. The summed E-state index contributed by atoms with van der Waals surface area (Å²) in [7, 11) is -2.53. The summed E-state index contributed by atoms with van der Waals surface area (Å²) in [5.41, 5.74) is 0. The predicted octanol–water partition coefficient (Wildman–Crippen LogP) is 7.99. The Morgan fingerprint density at radius 2 is 0.654 bits per heavy atom. The third-order valence-electron chi connectivity index (χ3n) is 9.09. The van der Waals surface area contributed by atoms with Gasteiger partial charge in [0, 0.05) is 6.61 Å². The number of hydrogen-bond donors (Lipinski definition) is 0. The van der Waals surface area contributed by atoms with Crippen LogP contribution in [0, 0.1) is 0 Å². The predicted molar refractivity (Wildman–Crippen MR) is 216 cm³/mol. The van der Waals surface area contributed by atoms with Crippen molar-refractivity contribution in [2.24, 2.45) is 0 Å². The van der Waals surface area contributed by atoms with Crippen LogP contribution in [0.4, 0.5) is 0 Å². The van der Waals surface area contributed by atoms with E-state index in [-0.39, 0.29) is 5.04 Å². The lowest BCUT2D eigenvalue weighted by atomic mass is 10.1. The van der Waals surface area contributed by atoms with E-state index < -0.39 is 8.32 Å². The Balaban J connectivity index is 1.32. The van der Waals surface area contributed by atoms with Gasteiger partial charge in [0.25, 0.3) is 8.32 Å². The van der Waals surface area contributed by atoms with Crippen LogP contribution in [-0.4, -0.2) is 107 Å². The van der Waals surface area contributed by atoms with Gasteiger partial charge in [-0.25, -0.2) is 0 Å². The van der Waals surface area contributed by atoms with Crippen molar-refractivity contribution in [1.29, 1.82) is 0 Å². The molecule has 9 heteroatoms. The number of ether oxygens (including phenoxy) is 7. The molecule has 0 amide bonds. The van der Waals surface area contributed by atoms with E-state index in [1.54, 1.807) is 0 Å².